The first-order chi connectivity index (χ1) is 14.6. The van der Waals surface area contributed by atoms with Crippen LogP contribution < -0.4 is 5.32 Å². The molecule has 6 heteroatoms. The van der Waals surface area contributed by atoms with Crippen LogP contribution in [0.3, 0.4) is 0 Å². The van der Waals surface area contributed by atoms with Crippen LogP contribution in [-0.4, -0.2) is 45.9 Å². The Hall–Kier alpha value is -2.37. The second-order valence-electron chi connectivity index (χ2n) is 7.89. The lowest BCUT2D eigenvalue weighted by atomic mass is 10.2. The number of hydrogen-bond acceptors (Lipinski definition) is 3. The lowest BCUT2D eigenvalue weighted by Crippen LogP contribution is -2.35. The summed E-state index contributed by atoms with van der Waals surface area (Å²) in [6.07, 6.45) is 7.26. The molecule has 166 valence electrons. The van der Waals surface area contributed by atoms with Gasteiger partial charge in [-0.3, -0.25) is 9.59 Å². The average Bonchev–Trinajstić information content (AvgIpc) is 3.08. The van der Waals surface area contributed by atoms with Gasteiger partial charge in [0.2, 0.25) is 11.8 Å². The summed E-state index contributed by atoms with van der Waals surface area (Å²) in [5.74, 6) is 1.29. The second-order valence-corrected chi connectivity index (χ2v) is 7.89. The van der Waals surface area contributed by atoms with E-state index in [0.29, 0.717) is 13.0 Å². The summed E-state index contributed by atoms with van der Waals surface area (Å²) in [6.45, 7) is 8.92. The summed E-state index contributed by atoms with van der Waals surface area (Å²) in [4.78, 5) is 31.3. The number of hydrogen-bond donors (Lipinski definition) is 1. The minimum absolute atomic E-state index is 0.140. The number of aromatic nitrogens is 2. The summed E-state index contributed by atoms with van der Waals surface area (Å²) in [5, 5.41) is 2.97. The molecule has 1 heterocycles. The van der Waals surface area contributed by atoms with Gasteiger partial charge in [-0.25, -0.2) is 4.98 Å². The van der Waals surface area contributed by atoms with Gasteiger partial charge in [-0.15, -0.1) is 0 Å². The first-order valence-electron chi connectivity index (χ1n) is 11.6. The number of nitrogens with zero attached hydrogens (tertiary/aromatic N) is 3. The quantitative estimate of drug-likeness (QED) is 0.468. The number of unbranched alkanes of at least 4 members (excludes halogenated alkanes) is 2. The maximum atomic E-state index is 13.0. The van der Waals surface area contributed by atoms with Gasteiger partial charge in [0.05, 0.1) is 11.0 Å². The molecular weight excluding hydrogens is 376 g/mol. The summed E-state index contributed by atoms with van der Waals surface area (Å²) < 4.78 is 2.10. The van der Waals surface area contributed by atoms with Gasteiger partial charge >= 0.3 is 0 Å². The molecule has 1 N–H and O–H groups in total. The van der Waals surface area contributed by atoms with Gasteiger partial charge in [0.25, 0.3) is 0 Å². The Labute approximate surface area is 181 Å². The molecule has 0 aliphatic carbocycles. The van der Waals surface area contributed by atoms with E-state index in [0.717, 1.165) is 81.4 Å². The number of amides is 2. The summed E-state index contributed by atoms with van der Waals surface area (Å²) in [6, 6.07) is 8.06. The van der Waals surface area contributed by atoms with E-state index in [1.54, 1.807) is 0 Å². The topological polar surface area (TPSA) is 67.2 Å². The largest absolute Gasteiger partial charge is 0.356 e. The standard InChI is InChI=1S/C24H38N4O2/c1-4-12-23(29)25-16-11-7-8-15-22-26-20-13-9-10-14-21(20)28(22)19-24(30)27(17-5-2)18-6-3/h9-10,13-14H,4-8,11-12,15-19H2,1-3H3,(H,25,29). The number of carbonyl (C=O) groups is 2. The van der Waals surface area contributed by atoms with Crippen LogP contribution in [0, 0.1) is 0 Å². The van der Waals surface area contributed by atoms with E-state index < -0.39 is 0 Å². The molecule has 0 aliphatic heterocycles. The summed E-state index contributed by atoms with van der Waals surface area (Å²) in [7, 11) is 0. The zero-order valence-corrected chi connectivity index (χ0v) is 19.0. The predicted octanol–water partition coefficient (Wildman–Crippen LogP) is 4.31. The molecule has 2 amide bonds. The molecule has 0 fully saturated rings. The number of para-hydroxylation sites is 2. The lowest BCUT2D eigenvalue weighted by molar-refractivity contribution is -0.132. The number of benzene rings is 1. The average molecular weight is 415 g/mol. The molecular formula is C24H38N4O2. The highest BCUT2D eigenvalue weighted by atomic mass is 16.2. The molecule has 1 aromatic heterocycles. The van der Waals surface area contributed by atoms with Crippen molar-refractivity contribution in [3.8, 4) is 0 Å². The van der Waals surface area contributed by atoms with Gasteiger partial charge in [-0.05, 0) is 44.2 Å². The molecule has 0 saturated heterocycles. The van der Waals surface area contributed by atoms with Gasteiger partial charge in [0.15, 0.2) is 0 Å². The Morgan fingerprint density at radius 2 is 1.73 bits per heavy atom. The second kappa shape index (κ2) is 13.0. The van der Waals surface area contributed by atoms with E-state index >= 15 is 0 Å². The van der Waals surface area contributed by atoms with Gasteiger partial charge in [0.1, 0.15) is 12.4 Å². The molecule has 0 aliphatic rings. The number of imidazole rings is 1. The molecule has 0 bridgehead atoms. The van der Waals surface area contributed by atoms with Crippen molar-refractivity contribution < 1.29 is 9.59 Å². The highest BCUT2D eigenvalue weighted by Crippen LogP contribution is 2.18. The van der Waals surface area contributed by atoms with Gasteiger partial charge in [0, 0.05) is 32.5 Å². The molecule has 2 rings (SSSR count). The van der Waals surface area contributed by atoms with Crippen LogP contribution in [0.1, 0.15) is 71.5 Å². The fourth-order valence-electron chi connectivity index (χ4n) is 3.76. The van der Waals surface area contributed by atoms with E-state index in [1.807, 2.05) is 36.1 Å². The molecule has 0 saturated carbocycles. The maximum absolute atomic E-state index is 13.0. The number of fused-ring (bicyclic) bond motifs is 1. The number of aryl methyl sites for hydroxylation is 1. The Morgan fingerprint density at radius 3 is 2.43 bits per heavy atom. The molecule has 0 spiro atoms. The van der Waals surface area contributed by atoms with E-state index in [4.69, 9.17) is 4.98 Å². The number of nitrogens with one attached hydrogen (secondary N) is 1. The fraction of sp³-hybridized carbons (Fsp3) is 0.625. The Bertz CT molecular complexity index is 794. The van der Waals surface area contributed by atoms with Crippen molar-refractivity contribution in [1.82, 2.24) is 19.8 Å². The number of carbonyl (C=O) groups excluding carboxylic acids is 2. The maximum Gasteiger partial charge on any atom is 0.242 e. The van der Waals surface area contributed by atoms with Crippen LogP contribution in [0.2, 0.25) is 0 Å². The van der Waals surface area contributed by atoms with Crippen molar-refractivity contribution >= 4 is 22.8 Å². The Morgan fingerprint density at radius 1 is 1.00 bits per heavy atom. The highest BCUT2D eigenvalue weighted by Gasteiger charge is 2.17. The normalized spacial score (nSPS) is 11.0. The Balaban J connectivity index is 1.98. The van der Waals surface area contributed by atoms with Crippen molar-refractivity contribution in [3.05, 3.63) is 30.1 Å². The van der Waals surface area contributed by atoms with Crippen molar-refractivity contribution in [3.63, 3.8) is 0 Å². The van der Waals surface area contributed by atoms with Gasteiger partial charge in [-0.1, -0.05) is 39.3 Å². The molecule has 2 aromatic rings. The van der Waals surface area contributed by atoms with Crippen molar-refractivity contribution in [1.29, 1.82) is 0 Å². The van der Waals surface area contributed by atoms with E-state index in [2.05, 4.69) is 23.7 Å². The minimum atomic E-state index is 0.140. The van der Waals surface area contributed by atoms with Crippen molar-refractivity contribution in [2.45, 2.75) is 78.7 Å². The van der Waals surface area contributed by atoms with Crippen LogP contribution in [-0.2, 0) is 22.6 Å². The molecule has 6 nitrogen and oxygen atoms in total. The third-order valence-corrected chi connectivity index (χ3v) is 5.24. The van der Waals surface area contributed by atoms with Crippen LogP contribution in [0.25, 0.3) is 11.0 Å². The Kier molecular flexibility index (Phi) is 10.4. The first kappa shape index (κ1) is 23.9. The molecule has 0 unspecified atom stereocenters. The lowest BCUT2D eigenvalue weighted by Gasteiger charge is -2.22. The zero-order valence-electron chi connectivity index (χ0n) is 19.0. The minimum Gasteiger partial charge on any atom is -0.356 e. The van der Waals surface area contributed by atoms with E-state index in [-0.39, 0.29) is 11.8 Å². The highest BCUT2D eigenvalue weighted by molar-refractivity contribution is 5.81. The molecule has 0 atom stereocenters. The molecule has 0 radical (unpaired) electrons. The fourth-order valence-corrected chi connectivity index (χ4v) is 3.76. The third kappa shape index (κ3) is 7.15. The van der Waals surface area contributed by atoms with Crippen LogP contribution in [0.5, 0.6) is 0 Å². The number of rotatable bonds is 14. The predicted molar refractivity (Wildman–Crippen MR) is 122 cm³/mol. The van der Waals surface area contributed by atoms with Crippen molar-refractivity contribution in [2.24, 2.45) is 0 Å². The third-order valence-electron chi connectivity index (χ3n) is 5.24. The van der Waals surface area contributed by atoms with Crippen LogP contribution in [0.4, 0.5) is 0 Å². The van der Waals surface area contributed by atoms with Gasteiger partial charge in [-0.2, -0.15) is 0 Å². The SMILES string of the molecule is CCCC(=O)NCCCCCc1nc2ccccc2n1CC(=O)N(CCC)CCC. The molecule has 1 aromatic carbocycles. The van der Waals surface area contributed by atoms with Crippen LogP contribution in [0.15, 0.2) is 24.3 Å². The van der Waals surface area contributed by atoms with Gasteiger partial charge < -0.3 is 14.8 Å². The van der Waals surface area contributed by atoms with Crippen LogP contribution >= 0.6 is 0 Å². The molecule has 30 heavy (non-hydrogen) atoms. The smallest absolute Gasteiger partial charge is 0.242 e. The first-order valence-corrected chi connectivity index (χ1v) is 11.6. The van der Waals surface area contributed by atoms with E-state index in [9.17, 15) is 9.59 Å². The summed E-state index contributed by atoms with van der Waals surface area (Å²) in [5.41, 5.74) is 1.98. The van der Waals surface area contributed by atoms with E-state index in [1.165, 1.54) is 0 Å². The zero-order chi connectivity index (χ0) is 21.8. The summed E-state index contributed by atoms with van der Waals surface area (Å²) >= 11 is 0. The monoisotopic (exact) mass is 414 g/mol. The van der Waals surface area contributed by atoms with Crippen molar-refractivity contribution in [2.75, 3.05) is 19.6 Å².